The van der Waals surface area contributed by atoms with Crippen LogP contribution in [0.2, 0.25) is 0 Å². The quantitative estimate of drug-likeness (QED) is 0.283. The Balaban J connectivity index is 0.00000225. The molecule has 0 spiro atoms. The monoisotopic (exact) mass is 455 g/mol. The maximum absolute atomic E-state index is 11.1. The summed E-state index contributed by atoms with van der Waals surface area (Å²) in [5.41, 5.74) is 7.69. The molecule has 142 valence electrons. The van der Waals surface area contributed by atoms with Crippen LogP contribution in [-0.2, 0) is 4.79 Å². The highest BCUT2D eigenvalue weighted by molar-refractivity contribution is 8.93. The van der Waals surface area contributed by atoms with Crippen LogP contribution in [0.25, 0.3) is 22.2 Å². The Labute approximate surface area is 176 Å². The Kier molecular flexibility index (Phi) is 6.23. The van der Waals surface area contributed by atoms with E-state index in [0.29, 0.717) is 5.13 Å². The van der Waals surface area contributed by atoms with E-state index >= 15 is 0 Å². The van der Waals surface area contributed by atoms with Crippen molar-refractivity contribution >= 4 is 62.2 Å². The lowest BCUT2D eigenvalue weighted by molar-refractivity contribution is -0.114. The number of benzene rings is 2. The second-order valence-corrected chi connectivity index (χ2v) is 6.81. The summed E-state index contributed by atoms with van der Waals surface area (Å²) in [6.07, 6.45) is 3.71. The largest absolute Gasteiger partial charge is 0.361 e. The fraction of sp³-hybridized carbons (Fsp3) is 0.0500. The third-order valence-corrected chi connectivity index (χ3v) is 4.74. The second kappa shape index (κ2) is 8.81. The Hall–Kier alpha value is -2.97. The second-order valence-electron chi connectivity index (χ2n) is 5.96. The molecule has 0 saturated carbocycles. The van der Waals surface area contributed by atoms with Crippen molar-refractivity contribution in [1.29, 1.82) is 0 Å². The first-order valence-corrected chi connectivity index (χ1v) is 9.26. The molecule has 3 N–H and O–H groups in total. The molecule has 0 saturated heterocycles. The van der Waals surface area contributed by atoms with Gasteiger partial charge in [0.2, 0.25) is 11.0 Å². The zero-order valence-corrected chi connectivity index (χ0v) is 17.5. The number of hydrogen-bond donors (Lipinski definition) is 3. The lowest BCUT2D eigenvalue weighted by Crippen LogP contribution is -2.05. The first-order chi connectivity index (χ1) is 13.2. The minimum atomic E-state index is -0.0871. The highest BCUT2D eigenvalue weighted by Crippen LogP contribution is 2.26. The molecule has 4 aromatic rings. The van der Waals surface area contributed by atoms with Crippen molar-refractivity contribution in [1.82, 2.24) is 9.97 Å². The molecule has 6 nitrogen and oxygen atoms in total. The van der Waals surface area contributed by atoms with Crippen LogP contribution in [0.5, 0.6) is 0 Å². The van der Waals surface area contributed by atoms with E-state index in [1.807, 2.05) is 54.0 Å². The number of aromatic amines is 1. The van der Waals surface area contributed by atoms with Gasteiger partial charge in [-0.15, -0.1) is 28.3 Å². The number of halogens is 1. The summed E-state index contributed by atoms with van der Waals surface area (Å²) in [5.74, 6) is -0.0871. The number of aromatic nitrogens is 2. The predicted molar refractivity (Wildman–Crippen MR) is 122 cm³/mol. The number of nitrogens with one attached hydrogen (secondary N) is 3. The summed E-state index contributed by atoms with van der Waals surface area (Å²) < 4.78 is 0. The van der Waals surface area contributed by atoms with E-state index in [-0.39, 0.29) is 22.9 Å². The molecule has 0 radical (unpaired) electrons. The third-order valence-electron chi connectivity index (χ3n) is 3.99. The summed E-state index contributed by atoms with van der Waals surface area (Å²) in [7, 11) is 0. The summed E-state index contributed by atoms with van der Waals surface area (Å²) >= 11 is 1.49. The van der Waals surface area contributed by atoms with Gasteiger partial charge in [-0.05, 0) is 18.2 Å². The zero-order chi connectivity index (χ0) is 18.6. The van der Waals surface area contributed by atoms with Crippen LogP contribution in [0.3, 0.4) is 0 Å². The smallest absolute Gasteiger partial charge is 0.221 e. The molecule has 0 aliphatic carbocycles. The Morgan fingerprint density at radius 2 is 1.96 bits per heavy atom. The Morgan fingerprint density at radius 1 is 1.18 bits per heavy atom. The number of fused-ring (bicyclic) bond motifs is 1. The molecule has 2 aromatic heterocycles. The number of carbonyl (C=O) groups excluding carboxylic acids is 1. The standard InChI is InChI=1S/C20H17N5OS.BrH/c1-13(26)23-16-8-6-14(7-9-16)19-12-27-20(24-19)25-22-11-15-10-21-18-5-3-2-4-17(15)18;/h2-12,21H,1H3,(H,23,26)(H,24,25);1H/b22-11+;. The van der Waals surface area contributed by atoms with Gasteiger partial charge in [-0.2, -0.15) is 5.10 Å². The molecule has 2 aromatic carbocycles. The van der Waals surface area contributed by atoms with E-state index < -0.39 is 0 Å². The van der Waals surface area contributed by atoms with Gasteiger partial charge in [0.1, 0.15) is 0 Å². The summed E-state index contributed by atoms with van der Waals surface area (Å²) in [4.78, 5) is 18.9. The number of amides is 1. The maximum atomic E-state index is 11.1. The van der Waals surface area contributed by atoms with Crippen molar-refractivity contribution in [2.75, 3.05) is 10.7 Å². The number of rotatable bonds is 5. The van der Waals surface area contributed by atoms with E-state index in [4.69, 9.17) is 0 Å². The van der Waals surface area contributed by atoms with Crippen molar-refractivity contribution in [2.24, 2.45) is 5.10 Å². The van der Waals surface area contributed by atoms with Crippen LogP contribution in [0, 0.1) is 0 Å². The van der Waals surface area contributed by atoms with E-state index in [1.54, 1.807) is 6.21 Å². The van der Waals surface area contributed by atoms with Gasteiger partial charge >= 0.3 is 0 Å². The summed E-state index contributed by atoms with van der Waals surface area (Å²) in [5, 5.41) is 10.9. The Morgan fingerprint density at radius 3 is 2.75 bits per heavy atom. The molecule has 0 unspecified atom stereocenters. The summed E-state index contributed by atoms with van der Waals surface area (Å²) in [6.45, 7) is 1.49. The zero-order valence-electron chi connectivity index (χ0n) is 15.0. The number of hydrazone groups is 1. The van der Waals surface area contributed by atoms with Gasteiger partial charge in [0.05, 0.1) is 11.9 Å². The fourth-order valence-corrected chi connectivity index (χ4v) is 3.41. The van der Waals surface area contributed by atoms with Gasteiger partial charge < -0.3 is 10.3 Å². The lowest BCUT2D eigenvalue weighted by Gasteiger charge is -2.02. The lowest BCUT2D eigenvalue weighted by atomic mass is 10.1. The number of H-pyrrole nitrogens is 1. The SMILES string of the molecule is Br.CC(=O)Nc1ccc(-c2csc(N/N=C/c3c[nH]c4ccccc34)n2)cc1. The number of nitrogens with zero attached hydrogens (tertiary/aromatic N) is 2. The first-order valence-electron chi connectivity index (χ1n) is 8.38. The molecule has 0 atom stereocenters. The number of para-hydroxylation sites is 1. The van der Waals surface area contributed by atoms with E-state index in [2.05, 4.69) is 31.9 Å². The van der Waals surface area contributed by atoms with Crippen LogP contribution < -0.4 is 10.7 Å². The average molecular weight is 456 g/mol. The van der Waals surface area contributed by atoms with Crippen molar-refractivity contribution in [2.45, 2.75) is 6.92 Å². The van der Waals surface area contributed by atoms with Crippen LogP contribution in [-0.4, -0.2) is 22.1 Å². The van der Waals surface area contributed by atoms with E-state index in [1.165, 1.54) is 18.3 Å². The topological polar surface area (TPSA) is 82.2 Å². The molecule has 4 rings (SSSR count). The molecular formula is C20H18BrN5OS. The van der Waals surface area contributed by atoms with Crippen molar-refractivity contribution in [3.63, 3.8) is 0 Å². The highest BCUT2D eigenvalue weighted by Gasteiger charge is 2.05. The molecule has 2 heterocycles. The van der Waals surface area contributed by atoms with Gasteiger partial charge in [0, 0.05) is 46.2 Å². The van der Waals surface area contributed by atoms with Gasteiger partial charge in [0.15, 0.2) is 0 Å². The Bertz CT molecular complexity index is 1120. The van der Waals surface area contributed by atoms with Gasteiger partial charge in [0.25, 0.3) is 0 Å². The van der Waals surface area contributed by atoms with Crippen LogP contribution in [0.1, 0.15) is 12.5 Å². The van der Waals surface area contributed by atoms with E-state index in [9.17, 15) is 4.79 Å². The number of carbonyl (C=O) groups is 1. The number of hydrogen-bond acceptors (Lipinski definition) is 5. The van der Waals surface area contributed by atoms with Gasteiger partial charge in [-0.1, -0.05) is 30.3 Å². The molecule has 1 amide bonds. The van der Waals surface area contributed by atoms with Gasteiger partial charge in [-0.25, -0.2) is 4.98 Å². The number of anilines is 2. The molecule has 0 fully saturated rings. The molecular weight excluding hydrogens is 438 g/mol. The molecule has 0 aliphatic rings. The van der Waals surface area contributed by atoms with Crippen molar-refractivity contribution in [3.05, 3.63) is 65.7 Å². The highest BCUT2D eigenvalue weighted by atomic mass is 79.9. The van der Waals surface area contributed by atoms with Gasteiger partial charge in [-0.3, -0.25) is 10.2 Å². The minimum absolute atomic E-state index is 0. The fourth-order valence-electron chi connectivity index (χ4n) is 2.74. The predicted octanol–water partition coefficient (Wildman–Crippen LogP) is 5.27. The maximum Gasteiger partial charge on any atom is 0.221 e. The molecule has 28 heavy (non-hydrogen) atoms. The van der Waals surface area contributed by atoms with Crippen LogP contribution >= 0.6 is 28.3 Å². The average Bonchev–Trinajstić information content (AvgIpc) is 3.30. The van der Waals surface area contributed by atoms with Crippen molar-refractivity contribution in [3.8, 4) is 11.3 Å². The minimum Gasteiger partial charge on any atom is -0.361 e. The van der Waals surface area contributed by atoms with E-state index in [0.717, 1.165) is 33.4 Å². The first kappa shape index (κ1) is 19.8. The third kappa shape index (κ3) is 4.47. The normalized spacial score (nSPS) is 10.8. The van der Waals surface area contributed by atoms with Crippen LogP contribution in [0.4, 0.5) is 10.8 Å². The van der Waals surface area contributed by atoms with Crippen molar-refractivity contribution < 1.29 is 4.79 Å². The molecule has 0 bridgehead atoms. The van der Waals surface area contributed by atoms with Crippen LogP contribution in [0.15, 0.2) is 65.2 Å². The molecule has 8 heteroatoms. The number of thiazole rings is 1. The summed E-state index contributed by atoms with van der Waals surface area (Å²) in [6, 6.07) is 15.7. The molecule has 0 aliphatic heterocycles.